The number of alkyl halides is 6. The average molecular weight is 618 g/mol. The van der Waals surface area contributed by atoms with Crippen LogP contribution in [0.25, 0.3) is 0 Å². The van der Waals surface area contributed by atoms with E-state index in [1.54, 1.807) is 17.3 Å². The molecular formula is C33H37F6N5. The first kappa shape index (κ1) is 30.6. The molecule has 2 heterocycles. The standard InChI is InChI=1S/C33H37F6N5/c1-20-14-40-30(41-15-20)44(18-23-10-26(32(34,35)36)13-27(11-23)33(37,38)39)19-25-12-24-8-9-31(2,3)28(24)42-29(25)43(16-21-4-5-21)17-22-6-7-22/h10-15,21-22H,4-9,16-19H2,1-3H3. The van der Waals surface area contributed by atoms with Gasteiger partial charge in [-0.15, -0.1) is 0 Å². The Morgan fingerprint density at radius 2 is 1.36 bits per heavy atom. The molecule has 2 saturated carbocycles. The van der Waals surface area contributed by atoms with Crippen molar-refractivity contribution in [2.75, 3.05) is 22.9 Å². The summed E-state index contributed by atoms with van der Waals surface area (Å²) in [5.74, 6) is 2.29. The lowest BCUT2D eigenvalue weighted by Crippen LogP contribution is -2.33. The Kier molecular flexibility index (Phi) is 7.81. The third-order valence-corrected chi connectivity index (χ3v) is 8.90. The molecule has 1 aromatic carbocycles. The second kappa shape index (κ2) is 11.2. The van der Waals surface area contributed by atoms with Gasteiger partial charge in [0.25, 0.3) is 0 Å². The Morgan fingerprint density at radius 3 is 1.89 bits per heavy atom. The Bertz CT molecular complexity index is 1460. The molecule has 0 atom stereocenters. The molecule has 0 aliphatic heterocycles. The SMILES string of the molecule is Cc1cnc(N(Cc2cc(C(F)(F)F)cc(C(F)(F)F)c2)Cc2cc3c(nc2N(CC2CC2)CC2CC2)C(C)(C)CC3)nc1. The topological polar surface area (TPSA) is 45.2 Å². The highest BCUT2D eigenvalue weighted by Gasteiger charge is 2.38. The maximum absolute atomic E-state index is 13.7. The summed E-state index contributed by atoms with van der Waals surface area (Å²) in [6, 6.07) is 3.88. The number of hydrogen-bond donors (Lipinski definition) is 0. The molecule has 0 amide bonds. The summed E-state index contributed by atoms with van der Waals surface area (Å²) in [5.41, 5.74) is 0.987. The zero-order chi connectivity index (χ0) is 31.4. The number of aromatic nitrogens is 3. The first-order valence-electron chi connectivity index (χ1n) is 15.3. The van der Waals surface area contributed by atoms with Gasteiger partial charge in [0.15, 0.2) is 0 Å². The number of hydrogen-bond acceptors (Lipinski definition) is 5. The molecule has 0 saturated heterocycles. The highest BCUT2D eigenvalue weighted by Crippen LogP contribution is 2.42. The van der Waals surface area contributed by atoms with Crippen LogP contribution < -0.4 is 9.80 Å². The summed E-state index contributed by atoms with van der Waals surface area (Å²) in [4.78, 5) is 18.2. The largest absolute Gasteiger partial charge is 0.416 e. The molecular weight excluding hydrogens is 580 g/mol. The summed E-state index contributed by atoms with van der Waals surface area (Å²) in [6.45, 7) is 7.92. The third-order valence-electron chi connectivity index (χ3n) is 8.90. The van der Waals surface area contributed by atoms with E-state index >= 15 is 0 Å². The predicted octanol–water partition coefficient (Wildman–Crippen LogP) is 8.27. The van der Waals surface area contributed by atoms with Crippen molar-refractivity contribution in [2.24, 2.45) is 11.8 Å². The van der Waals surface area contributed by atoms with Crippen molar-refractivity contribution in [2.45, 2.75) is 90.2 Å². The molecule has 3 aliphatic carbocycles. The molecule has 2 aromatic heterocycles. The smallest absolute Gasteiger partial charge is 0.356 e. The van der Waals surface area contributed by atoms with Gasteiger partial charge in [-0.25, -0.2) is 15.0 Å². The van der Waals surface area contributed by atoms with Crippen molar-refractivity contribution in [3.63, 3.8) is 0 Å². The average Bonchev–Trinajstić information content (AvgIpc) is 3.88. The zero-order valence-electron chi connectivity index (χ0n) is 25.2. The summed E-state index contributed by atoms with van der Waals surface area (Å²) in [7, 11) is 0. The molecule has 44 heavy (non-hydrogen) atoms. The van der Waals surface area contributed by atoms with Gasteiger partial charge >= 0.3 is 12.4 Å². The summed E-state index contributed by atoms with van der Waals surface area (Å²) < 4.78 is 82.3. The maximum Gasteiger partial charge on any atom is 0.416 e. The summed E-state index contributed by atoms with van der Waals surface area (Å²) >= 11 is 0. The highest BCUT2D eigenvalue weighted by atomic mass is 19.4. The zero-order valence-corrected chi connectivity index (χ0v) is 25.2. The molecule has 0 radical (unpaired) electrons. The van der Waals surface area contributed by atoms with Gasteiger partial charge in [0.1, 0.15) is 5.82 Å². The van der Waals surface area contributed by atoms with Crippen LogP contribution in [0.4, 0.5) is 38.1 Å². The number of anilines is 2. The van der Waals surface area contributed by atoms with E-state index < -0.39 is 23.5 Å². The first-order valence-corrected chi connectivity index (χ1v) is 15.3. The second-order valence-electron chi connectivity index (χ2n) is 13.5. The number of rotatable bonds is 10. The predicted molar refractivity (Wildman–Crippen MR) is 156 cm³/mol. The lowest BCUT2D eigenvalue weighted by molar-refractivity contribution is -0.143. The Balaban J connectivity index is 1.43. The van der Waals surface area contributed by atoms with Gasteiger partial charge in [-0.1, -0.05) is 13.8 Å². The van der Waals surface area contributed by atoms with Crippen molar-refractivity contribution in [1.29, 1.82) is 0 Å². The number of benzene rings is 1. The number of halogens is 6. The van der Waals surface area contributed by atoms with E-state index in [1.165, 1.54) is 25.7 Å². The Morgan fingerprint density at radius 1 is 0.795 bits per heavy atom. The minimum absolute atomic E-state index is 0.0841. The van der Waals surface area contributed by atoms with Crippen molar-refractivity contribution >= 4 is 11.8 Å². The lowest BCUT2D eigenvalue weighted by Gasteiger charge is -2.31. The fourth-order valence-electron chi connectivity index (χ4n) is 6.08. The maximum atomic E-state index is 13.7. The van der Waals surface area contributed by atoms with Gasteiger partial charge in [0.2, 0.25) is 5.95 Å². The number of aryl methyl sites for hydroxylation is 2. The molecule has 236 valence electrons. The fourth-order valence-corrected chi connectivity index (χ4v) is 6.08. The summed E-state index contributed by atoms with van der Waals surface area (Å²) in [6.07, 6.45) is -0.162. The highest BCUT2D eigenvalue weighted by molar-refractivity contribution is 5.55. The van der Waals surface area contributed by atoms with Gasteiger partial charge in [-0.3, -0.25) is 0 Å². The van der Waals surface area contributed by atoms with E-state index in [9.17, 15) is 26.3 Å². The number of nitrogens with zero attached hydrogens (tertiary/aromatic N) is 5. The van der Waals surface area contributed by atoms with Crippen LogP contribution in [0.1, 0.15) is 85.0 Å². The van der Waals surface area contributed by atoms with Crippen LogP contribution in [0, 0.1) is 18.8 Å². The van der Waals surface area contributed by atoms with Crippen LogP contribution in [-0.4, -0.2) is 28.0 Å². The van der Waals surface area contributed by atoms with E-state index in [4.69, 9.17) is 4.98 Å². The van der Waals surface area contributed by atoms with E-state index in [-0.39, 0.29) is 36.1 Å². The minimum Gasteiger partial charge on any atom is -0.356 e. The summed E-state index contributed by atoms with van der Waals surface area (Å²) in [5, 5.41) is 0. The molecule has 3 aliphatic rings. The van der Waals surface area contributed by atoms with Gasteiger partial charge in [-0.05, 0) is 98.2 Å². The Hall–Kier alpha value is -3.37. The van der Waals surface area contributed by atoms with Crippen LogP contribution in [0.15, 0.2) is 36.7 Å². The van der Waals surface area contributed by atoms with E-state index in [1.807, 2.05) is 6.92 Å². The molecule has 6 rings (SSSR count). The normalized spacial score (nSPS) is 17.9. The quantitative estimate of drug-likeness (QED) is 0.214. The molecule has 0 bridgehead atoms. The number of fused-ring (bicyclic) bond motifs is 1. The molecule has 0 unspecified atom stereocenters. The molecule has 3 aromatic rings. The number of pyridine rings is 1. The van der Waals surface area contributed by atoms with Crippen LogP contribution >= 0.6 is 0 Å². The molecule has 5 nitrogen and oxygen atoms in total. The fraction of sp³-hybridized carbons (Fsp3) is 0.545. The van der Waals surface area contributed by atoms with Crippen LogP contribution in [0.5, 0.6) is 0 Å². The minimum atomic E-state index is -4.93. The van der Waals surface area contributed by atoms with Gasteiger partial charge < -0.3 is 9.80 Å². The van der Waals surface area contributed by atoms with Gasteiger partial charge in [-0.2, -0.15) is 26.3 Å². The van der Waals surface area contributed by atoms with E-state index in [2.05, 4.69) is 34.8 Å². The Labute approximate surface area is 253 Å². The van der Waals surface area contributed by atoms with Crippen LogP contribution in [0.2, 0.25) is 0 Å². The molecule has 0 N–H and O–H groups in total. The van der Waals surface area contributed by atoms with Crippen LogP contribution in [-0.2, 0) is 37.3 Å². The van der Waals surface area contributed by atoms with E-state index in [0.717, 1.165) is 66.3 Å². The van der Waals surface area contributed by atoms with Crippen molar-refractivity contribution in [3.8, 4) is 0 Å². The molecule has 0 spiro atoms. The second-order valence-corrected chi connectivity index (χ2v) is 13.5. The van der Waals surface area contributed by atoms with Crippen molar-refractivity contribution in [3.05, 3.63) is 75.7 Å². The first-order chi connectivity index (χ1) is 20.7. The van der Waals surface area contributed by atoms with Gasteiger partial charge in [0, 0.05) is 49.6 Å². The van der Waals surface area contributed by atoms with Crippen LogP contribution in [0.3, 0.4) is 0 Å². The third kappa shape index (κ3) is 6.96. The monoisotopic (exact) mass is 617 g/mol. The lowest BCUT2D eigenvalue weighted by atomic mass is 9.90. The molecule has 11 heteroatoms. The van der Waals surface area contributed by atoms with Crippen molar-refractivity contribution < 1.29 is 26.3 Å². The van der Waals surface area contributed by atoms with Gasteiger partial charge in [0.05, 0.1) is 16.8 Å². The molecule has 2 fully saturated rings. The van der Waals surface area contributed by atoms with E-state index in [0.29, 0.717) is 11.8 Å². The van der Waals surface area contributed by atoms with Crippen molar-refractivity contribution in [1.82, 2.24) is 15.0 Å².